The van der Waals surface area contributed by atoms with Gasteiger partial charge in [0, 0.05) is 6.04 Å². The third-order valence-corrected chi connectivity index (χ3v) is 2.50. The molecule has 1 fully saturated rings. The van der Waals surface area contributed by atoms with Crippen LogP contribution in [-0.2, 0) is 0 Å². The molecule has 1 saturated carbocycles. The summed E-state index contributed by atoms with van der Waals surface area (Å²) in [5.41, 5.74) is 7.03. The molecule has 1 rings (SSSR count). The average molecular weight is 139 g/mol. The van der Waals surface area contributed by atoms with Gasteiger partial charge in [-0.3, -0.25) is 0 Å². The second kappa shape index (κ2) is 2.75. The predicted molar refractivity (Wildman–Crippen MR) is 44.7 cm³/mol. The molecule has 0 aromatic heterocycles. The number of hydrogen-bond acceptors (Lipinski definition) is 1. The molecule has 0 heterocycles. The highest BCUT2D eigenvalue weighted by molar-refractivity contribution is 5.04. The van der Waals surface area contributed by atoms with E-state index < -0.39 is 0 Å². The van der Waals surface area contributed by atoms with E-state index in [0.29, 0.717) is 5.92 Å². The van der Waals surface area contributed by atoms with Crippen LogP contribution in [-0.4, -0.2) is 6.04 Å². The van der Waals surface area contributed by atoms with Crippen molar-refractivity contribution in [3.8, 4) is 0 Å². The highest BCUT2D eigenvalue weighted by Gasteiger charge is 2.31. The molecular formula is C9H17N. The molecule has 0 bridgehead atoms. The maximum Gasteiger partial charge on any atom is 0.0276 e. The predicted octanol–water partition coefficient (Wildman–Crippen LogP) is 1.94. The summed E-state index contributed by atoms with van der Waals surface area (Å²) < 4.78 is 0. The van der Waals surface area contributed by atoms with Crippen LogP contribution in [0.5, 0.6) is 0 Å². The summed E-state index contributed by atoms with van der Waals surface area (Å²) in [4.78, 5) is 0. The van der Waals surface area contributed by atoms with Crippen molar-refractivity contribution in [2.45, 2.75) is 32.7 Å². The van der Waals surface area contributed by atoms with Crippen molar-refractivity contribution in [1.82, 2.24) is 0 Å². The molecule has 2 N–H and O–H groups in total. The van der Waals surface area contributed by atoms with Crippen LogP contribution in [0.3, 0.4) is 0 Å². The highest BCUT2D eigenvalue weighted by Crippen LogP contribution is 2.38. The van der Waals surface area contributed by atoms with Crippen molar-refractivity contribution in [2.24, 2.45) is 17.6 Å². The van der Waals surface area contributed by atoms with Crippen molar-refractivity contribution in [1.29, 1.82) is 0 Å². The molecule has 1 aliphatic carbocycles. The molecule has 0 aliphatic heterocycles. The Hall–Kier alpha value is -0.300. The van der Waals surface area contributed by atoms with Gasteiger partial charge in [0.25, 0.3) is 0 Å². The Bertz CT molecular complexity index is 136. The second-order valence-electron chi connectivity index (χ2n) is 3.57. The molecule has 0 spiro atoms. The summed E-state index contributed by atoms with van der Waals surface area (Å²) in [5, 5.41) is 0. The quantitative estimate of drug-likeness (QED) is 0.594. The molecule has 0 aromatic carbocycles. The van der Waals surface area contributed by atoms with E-state index in [1.807, 2.05) is 6.92 Å². The van der Waals surface area contributed by atoms with Gasteiger partial charge < -0.3 is 5.73 Å². The molecule has 10 heavy (non-hydrogen) atoms. The van der Waals surface area contributed by atoms with E-state index in [4.69, 9.17) is 5.73 Å². The molecule has 1 heteroatoms. The molecule has 2 atom stereocenters. The Balaban J connectivity index is 2.38. The van der Waals surface area contributed by atoms with Gasteiger partial charge in [0.15, 0.2) is 0 Å². The SMILES string of the molecule is C=C(C)C(N)C(C)C1CC1. The summed E-state index contributed by atoms with van der Waals surface area (Å²) in [5.74, 6) is 1.55. The van der Waals surface area contributed by atoms with Crippen molar-refractivity contribution in [3.05, 3.63) is 12.2 Å². The zero-order valence-electron chi connectivity index (χ0n) is 6.93. The first-order chi connectivity index (χ1) is 4.63. The van der Waals surface area contributed by atoms with Gasteiger partial charge in [-0.15, -0.1) is 0 Å². The van der Waals surface area contributed by atoms with Gasteiger partial charge in [0.05, 0.1) is 0 Å². The molecule has 2 unspecified atom stereocenters. The summed E-state index contributed by atoms with van der Waals surface area (Å²) in [6, 6.07) is 0.229. The first-order valence-electron chi connectivity index (χ1n) is 4.04. The van der Waals surface area contributed by atoms with Crippen molar-refractivity contribution >= 4 is 0 Å². The van der Waals surface area contributed by atoms with Gasteiger partial charge in [-0.05, 0) is 31.6 Å². The zero-order chi connectivity index (χ0) is 7.72. The molecular weight excluding hydrogens is 122 g/mol. The van der Waals surface area contributed by atoms with E-state index in [9.17, 15) is 0 Å². The first-order valence-corrected chi connectivity index (χ1v) is 4.04. The van der Waals surface area contributed by atoms with E-state index in [1.54, 1.807) is 0 Å². The van der Waals surface area contributed by atoms with Crippen LogP contribution in [0.4, 0.5) is 0 Å². The largest absolute Gasteiger partial charge is 0.324 e. The maximum absolute atomic E-state index is 5.90. The molecule has 0 amide bonds. The van der Waals surface area contributed by atoms with Crippen LogP contribution >= 0.6 is 0 Å². The molecule has 58 valence electrons. The first kappa shape index (κ1) is 7.80. The Morgan fingerprint density at radius 3 is 2.40 bits per heavy atom. The van der Waals surface area contributed by atoms with Crippen molar-refractivity contribution < 1.29 is 0 Å². The smallest absolute Gasteiger partial charge is 0.0276 e. The van der Waals surface area contributed by atoms with E-state index >= 15 is 0 Å². The van der Waals surface area contributed by atoms with Crippen LogP contribution in [0.15, 0.2) is 12.2 Å². The molecule has 0 saturated heterocycles. The zero-order valence-corrected chi connectivity index (χ0v) is 6.93. The molecule has 0 aromatic rings. The number of hydrogen-bond donors (Lipinski definition) is 1. The highest BCUT2D eigenvalue weighted by atomic mass is 14.7. The fraction of sp³-hybridized carbons (Fsp3) is 0.778. The van der Waals surface area contributed by atoms with Crippen molar-refractivity contribution in [3.63, 3.8) is 0 Å². The van der Waals surface area contributed by atoms with Crippen LogP contribution in [0.2, 0.25) is 0 Å². The average Bonchev–Trinajstić information content (AvgIpc) is 2.65. The Kier molecular flexibility index (Phi) is 2.14. The number of nitrogens with two attached hydrogens (primary N) is 1. The Morgan fingerprint density at radius 1 is 1.60 bits per heavy atom. The fourth-order valence-electron chi connectivity index (χ4n) is 1.36. The summed E-state index contributed by atoms with van der Waals surface area (Å²) >= 11 is 0. The van der Waals surface area contributed by atoms with Crippen LogP contribution in [0, 0.1) is 11.8 Å². The fourth-order valence-corrected chi connectivity index (χ4v) is 1.36. The van der Waals surface area contributed by atoms with Crippen LogP contribution in [0.1, 0.15) is 26.7 Å². The molecule has 1 nitrogen and oxygen atoms in total. The minimum absolute atomic E-state index is 0.229. The van der Waals surface area contributed by atoms with Gasteiger partial charge in [-0.1, -0.05) is 19.1 Å². The third kappa shape index (κ3) is 1.60. The lowest BCUT2D eigenvalue weighted by molar-refractivity contribution is 0.445. The lowest BCUT2D eigenvalue weighted by Crippen LogP contribution is -2.30. The topological polar surface area (TPSA) is 26.0 Å². The summed E-state index contributed by atoms with van der Waals surface area (Å²) in [6.45, 7) is 8.11. The van der Waals surface area contributed by atoms with Crippen molar-refractivity contribution in [2.75, 3.05) is 0 Å². The minimum atomic E-state index is 0.229. The normalized spacial score (nSPS) is 23.9. The van der Waals surface area contributed by atoms with E-state index in [0.717, 1.165) is 11.5 Å². The van der Waals surface area contributed by atoms with Crippen LogP contribution < -0.4 is 5.73 Å². The second-order valence-corrected chi connectivity index (χ2v) is 3.57. The molecule has 1 aliphatic rings. The molecule has 0 radical (unpaired) electrons. The lowest BCUT2D eigenvalue weighted by Gasteiger charge is -2.18. The Labute approximate surface area is 63.3 Å². The van der Waals surface area contributed by atoms with Gasteiger partial charge >= 0.3 is 0 Å². The van der Waals surface area contributed by atoms with Gasteiger partial charge in [0.2, 0.25) is 0 Å². The van der Waals surface area contributed by atoms with Gasteiger partial charge in [-0.25, -0.2) is 0 Å². The van der Waals surface area contributed by atoms with Gasteiger partial charge in [0.1, 0.15) is 0 Å². The van der Waals surface area contributed by atoms with E-state index in [2.05, 4.69) is 13.5 Å². The van der Waals surface area contributed by atoms with E-state index in [-0.39, 0.29) is 6.04 Å². The summed E-state index contributed by atoms with van der Waals surface area (Å²) in [7, 11) is 0. The standard InChI is InChI=1S/C9H17N/c1-6(2)9(10)7(3)8-4-5-8/h7-9H,1,4-5,10H2,2-3H3. The number of rotatable bonds is 3. The maximum atomic E-state index is 5.90. The lowest BCUT2D eigenvalue weighted by atomic mass is 9.93. The Morgan fingerprint density at radius 2 is 2.10 bits per heavy atom. The summed E-state index contributed by atoms with van der Waals surface area (Å²) in [6.07, 6.45) is 2.75. The van der Waals surface area contributed by atoms with Crippen LogP contribution in [0.25, 0.3) is 0 Å². The van der Waals surface area contributed by atoms with E-state index in [1.165, 1.54) is 12.8 Å². The minimum Gasteiger partial charge on any atom is -0.324 e. The monoisotopic (exact) mass is 139 g/mol. The third-order valence-electron chi connectivity index (χ3n) is 2.50. The van der Waals surface area contributed by atoms with Gasteiger partial charge in [-0.2, -0.15) is 0 Å².